The van der Waals surface area contributed by atoms with Gasteiger partial charge in [-0.2, -0.15) is 0 Å². The summed E-state index contributed by atoms with van der Waals surface area (Å²) in [6, 6.07) is 8.39. The van der Waals surface area contributed by atoms with E-state index in [-0.39, 0.29) is 6.10 Å². The van der Waals surface area contributed by atoms with E-state index < -0.39 is 0 Å². The lowest BCUT2D eigenvalue weighted by Crippen LogP contribution is -2.30. The van der Waals surface area contributed by atoms with Gasteiger partial charge in [-0.3, -0.25) is 0 Å². The largest absolute Gasteiger partial charge is 0.392 e. The number of hydrogen-bond acceptors (Lipinski definition) is 2. The van der Waals surface area contributed by atoms with Crippen molar-refractivity contribution in [2.45, 2.75) is 26.9 Å². The Labute approximate surface area is 86.2 Å². The molecule has 1 atom stereocenters. The number of aliphatic hydroxyl groups is 1. The van der Waals surface area contributed by atoms with Gasteiger partial charge in [-0.25, -0.2) is 0 Å². The number of anilines is 1. The SMILES string of the molecule is CCN(C[C@@H](C)O)c1ccc(C)cc1. The Kier molecular flexibility index (Phi) is 3.96. The summed E-state index contributed by atoms with van der Waals surface area (Å²) in [5.41, 5.74) is 2.45. The molecular formula is C12H19NO. The van der Waals surface area contributed by atoms with Crippen LogP contribution < -0.4 is 4.90 Å². The summed E-state index contributed by atoms with van der Waals surface area (Å²) >= 11 is 0. The Morgan fingerprint density at radius 1 is 1.29 bits per heavy atom. The molecule has 0 aromatic heterocycles. The second-order valence-corrected chi connectivity index (χ2v) is 3.72. The van der Waals surface area contributed by atoms with Gasteiger partial charge in [-0.15, -0.1) is 0 Å². The van der Waals surface area contributed by atoms with Crippen LogP contribution in [0.2, 0.25) is 0 Å². The van der Waals surface area contributed by atoms with Gasteiger partial charge in [0.25, 0.3) is 0 Å². The number of nitrogens with zero attached hydrogens (tertiary/aromatic N) is 1. The van der Waals surface area contributed by atoms with E-state index in [2.05, 4.69) is 43.0 Å². The van der Waals surface area contributed by atoms with Gasteiger partial charge in [0.05, 0.1) is 6.10 Å². The van der Waals surface area contributed by atoms with Crippen molar-refractivity contribution < 1.29 is 5.11 Å². The standard InChI is InChI=1S/C12H19NO/c1-4-13(9-11(3)14)12-7-5-10(2)6-8-12/h5-8,11,14H,4,9H2,1-3H3/t11-/m1/s1. The molecule has 78 valence electrons. The highest BCUT2D eigenvalue weighted by Gasteiger charge is 2.06. The molecule has 1 N–H and O–H groups in total. The van der Waals surface area contributed by atoms with Crippen LogP contribution >= 0.6 is 0 Å². The summed E-state index contributed by atoms with van der Waals surface area (Å²) in [4.78, 5) is 2.17. The first-order chi connectivity index (χ1) is 6.63. The van der Waals surface area contributed by atoms with E-state index in [0.717, 1.165) is 6.54 Å². The summed E-state index contributed by atoms with van der Waals surface area (Å²) < 4.78 is 0. The maximum atomic E-state index is 9.33. The van der Waals surface area contributed by atoms with Crippen molar-refractivity contribution in [3.05, 3.63) is 29.8 Å². The van der Waals surface area contributed by atoms with E-state index in [0.29, 0.717) is 6.54 Å². The predicted octanol–water partition coefficient (Wildman–Crippen LogP) is 2.20. The fourth-order valence-electron chi connectivity index (χ4n) is 1.49. The Hall–Kier alpha value is -1.02. The summed E-state index contributed by atoms with van der Waals surface area (Å²) in [5, 5.41) is 9.33. The van der Waals surface area contributed by atoms with Crippen molar-refractivity contribution in [3.8, 4) is 0 Å². The van der Waals surface area contributed by atoms with Gasteiger partial charge in [0.2, 0.25) is 0 Å². The Morgan fingerprint density at radius 2 is 1.86 bits per heavy atom. The summed E-state index contributed by atoms with van der Waals surface area (Å²) in [6.45, 7) is 7.61. The van der Waals surface area contributed by atoms with E-state index in [1.54, 1.807) is 0 Å². The van der Waals surface area contributed by atoms with Crippen LogP contribution in [0.1, 0.15) is 19.4 Å². The normalized spacial score (nSPS) is 12.6. The minimum Gasteiger partial charge on any atom is -0.392 e. The van der Waals surface area contributed by atoms with Gasteiger partial charge in [0.15, 0.2) is 0 Å². The molecule has 0 fully saturated rings. The molecule has 0 saturated carbocycles. The van der Waals surface area contributed by atoms with E-state index >= 15 is 0 Å². The number of likely N-dealkylation sites (N-methyl/N-ethyl adjacent to an activating group) is 1. The highest BCUT2D eigenvalue weighted by atomic mass is 16.3. The van der Waals surface area contributed by atoms with Crippen molar-refractivity contribution in [3.63, 3.8) is 0 Å². The molecule has 1 aromatic rings. The lowest BCUT2D eigenvalue weighted by atomic mass is 10.2. The van der Waals surface area contributed by atoms with Gasteiger partial charge in [0, 0.05) is 18.8 Å². The third-order valence-electron chi connectivity index (χ3n) is 2.27. The van der Waals surface area contributed by atoms with Crippen molar-refractivity contribution in [1.29, 1.82) is 0 Å². The molecule has 0 aliphatic heterocycles. The minimum absolute atomic E-state index is 0.281. The number of aryl methyl sites for hydroxylation is 1. The van der Waals surface area contributed by atoms with E-state index in [1.165, 1.54) is 11.3 Å². The first-order valence-corrected chi connectivity index (χ1v) is 5.13. The van der Waals surface area contributed by atoms with Gasteiger partial charge in [0.1, 0.15) is 0 Å². The maximum Gasteiger partial charge on any atom is 0.0687 e. The number of benzene rings is 1. The topological polar surface area (TPSA) is 23.5 Å². The smallest absolute Gasteiger partial charge is 0.0687 e. The predicted molar refractivity (Wildman–Crippen MR) is 60.7 cm³/mol. The zero-order valence-corrected chi connectivity index (χ0v) is 9.20. The number of hydrogen-bond donors (Lipinski definition) is 1. The maximum absolute atomic E-state index is 9.33. The van der Waals surface area contributed by atoms with Crippen molar-refractivity contribution in [2.75, 3.05) is 18.0 Å². The van der Waals surface area contributed by atoms with E-state index in [1.807, 2.05) is 6.92 Å². The molecule has 2 heteroatoms. The van der Waals surface area contributed by atoms with Crippen LogP contribution in [0.4, 0.5) is 5.69 Å². The monoisotopic (exact) mass is 193 g/mol. The third-order valence-corrected chi connectivity index (χ3v) is 2.27. The first-order valence-electron chi connectivity index (χ1n) is 5.13. The summed E-state index contributed by atoms with van der Waals surface area (Å²) in [6.07, 6.45) is -0.281. The molecule has 2 nitrogen and oxygen atoms in total. The zero-order chi connectivity index (χ0) is 10.6. The highest BCUT2D eigenvalue weighted by molar-refractivity contribution is 5.47. The van der Waals surface area contributed by atoms with E-state index in [9.17, 15) is 5.11 Å². The molecule has 0 heterocycles. The molecular weight excluding hydrogens is 174 g/mol. The van der Waals surface area contributed by atoms with Gasteiger partial charge < -0.3 is 10.0 Å². The molecule has 0 bridgehead atoms. The Balaban J connectivity index is 2.73. The number of aliphatic hydroxyl groups excluding tert-OH is 1. The van der Waals surface area contributed by atoms with Crippen LogP contribution in [0.25, 0.3) is 0 Å². The van der Waals surface area contributed by atoms with Crippen molar-refractivity contribution in [1.82, 2.24) is 0 Å². The van der Waals surface area contributed by atoms with E-state index in [4.69, 9.17) is 0 Å². The molecule has 0 aliphatic carbocycles. The third kappa shape index (κ3) is 3.04. The summed E-state index contributed by atoms with van der Waals surface area (Å²) in [5.74, 6) is 0. The molecule has 0 amide bonds. The van der Waals surface area contributed by atoms with Crippen LogP contribution in [0.3, 0.4) is 0 Å². The first kappa shape index (κ1) is 11.1. The molecule has 0 saturated heterocycles. The quantitative estimate of drug-likeness (QED) is 0.792. The lowest BCUT2D eigenvalue weighted by molar-refractivity contribution is 0.200. The highest BCUT2D eigenvalue weighted by Crippen LogP contribution is 2.14. The average Bonchev–Trinajstić information content (AvgIpc) is 2.15. The fraction of sp³-hybridized carbons (Fsp3) is 0.500. The average molecular weight is 193 g/mol. The molecule has 1 rings (SSSR count). The summed E-state index contributed by atoms with van der Waals surface area (Å²) in [7, 11) is 0. The van der Waals surface area contributed by atoms with Crippen LogP contribution in [0.15, 0.2) is 24.3 Å². The Bertz CT molecular complexity index is 266. The van der Waals surface area contributed by atoms with Crippen LogP contribution in [0.5, 0.6) is 0 Å². The lowest BCUT2D eigenvalue weighted by Gasteiger charge is -2.24. The molecule has 0 aliphatic rings. The molecule has 0 unspecified atom stereocenters. The Morgan fingerprint density at radius 3 is 2.29 bits per heavy atom. The van der Waals surface area contributed by atoms with Gasteiger partial charge >= 0.3 is 0 Å². The van der Waals surface area contributed by atoms with Crippen LogP contribution in [-0.4, -0.2) is 24.3 Å². The zero-order valence-electron chi connectivity index (χ0n) is 9.20. The second kappa shape index (κ2) is 5.01. The fourth-order valence-corrected chi connectivity index (χ4v) is 1.49. The second-order valence-electron chi connectivity index (χ2n) is 3.72. The molecule has 0 radical (unpaired) electrons. The van der Waals surface area contributed by atoms with Gasteiger partial charge in [-0.05, 0) is 32.9 Å². The molecule has 1 aromatic carbocycles. The van der Waals surface area contributed by atoms with Crippen LogP contribution in [0, 0.1) is 6.92 Å². The van der Waals surface area contributed by atoms with Gasteiger partial charge in [-0.1, -0.05) is 17.7 Å². The van der Waals surface area contributed by atoms with Crippen LogP contribution in [-0.2, 0) is 0 Å². The molecule has 14 heavy (non-hydrogen) atoms. The number of rotatable bonds is 4. The van der Waals surface area contributed by atoms with Crippen molar-refractivity contribution >= 4 is 5.69 Å². The molecule has 0 spiro atoms. The van der Waals surface area contributed by atoms with Crippen molar-refractivity contribution in [2.24, 2.45) is 0 Å². The minimum atomic E-state index is -0.281.